The zero-order valence-corrected chi connectivity index (χ0v) is 15.8. The van der Waals surface area contributed by atoms with E-state index in [1.54, 1.807) is 30.0 Å². The van der Waals surface area contributed by atoms with Crippen LogP contribution in [0.4, 0.5) is 0 Å². The molecule has 0 bridgehead atoms. The Morgan fingerprint density at radius 3 is 2.86 bits per heavy atom. The molecule has 1 atom stereocenters. The van der Waals surface area contributed by atoms with Crippen LogP contribution in [-0.2, 0) is 11.3 Å². The Labute approximate surface area is 164 Å². The van der Waals surface area contributed by atoms with Crippen molar-refractivity contribution in [2.24, 2.45) is 0 Å². The van der Waals surface area contributed by atoms with Crippen molar-refractivity contribution < 1.29 is 9.21 Å². The first-order chi connectivity index (χ1) is 13.6. The molecular weight excluding hydrogens is 378 g/mol. The molecule has 9 heteroatoms. The van der Waals surface area contributed by atoms with E-state index in [2.05, 4.69) is 20.4 Å². The number of H-pyrrole nitrogens is 1. The quantitative estimate of drug-likeness (QED) is 0.384. The van der Waals surface area contributed by atoms with Gasteiger partial charge >= 0.3 is 0 Å². The van der Waals surface area contributed by atoms with Crippen LogP contribution in [-0.4, -0.2) is 30.9 Å². The molecule has 0 aliphatic rings. The highest BCUT2D eigenvalue weighted by Gasteiger charge is 2.18. The molecule has 3 aromatic heterocycles. The first kappa shape index (κ1) is 18.1. The lowest BCUT2D eigenvalue weighted by Gasteiger charge is -2.11. The number of rotatable bonds is 6. The van der Waals surface area contributed by atoms with E-state index in [9.17, 15) is 9.59 Å². The van der Waals surface area contributed by atoms with Crippen molar-refractivity contribution in [2.45, 2.75) is 23.9 Å². The zero-order chi connectivity index (χ0) is 19.5. The van der Waals surface area contributed by atoms with E-state index in [4.69, 9.17) is 4.42 Å². The topological polar surface area (TPSA) is 106 Å². The third-order valence-electron chi connectivity index (χ3n) is 4.09. The summed E-state index contributed by atoms with van der Waals surface area (Å²) in [5, 5.41) is 7.37. The second kappa shape index (κ2) is 7.73. The van der Waals surface area contributed by atoms with Gasteiger partial charge in [-0.05, 0) is 31.2 Å². The molecule has 0 saturated heterocycles. The maximum absolute atomic E-state index is 12.4. The molecule has 0 aliphatic heterocycles. The molecule has 0 aliphatic carbocycles. The van der Waals surface area contributed by atoms with Gasteiger partial charge in [-0.15, -0.1) is 0 Å². The van der Waals surface area contributed by atoms with Gasteiger partial charge in [0, 0.05) is 0 Å². The average molecular weight is 395 g/mol. The van der Waals surface area contributed by atoms with Gasteiger partial charge in [0.25, 0.3) is 5.56 Å². The van der Waals surface area contributed by atoms with E-state index < -0.39 is 5.25 Å². The fourth-order valence-electron chi connectivity index (χ4n) is 2.66. The monoisotopic (exact) mass is 395 g/mol. The minimum atomic E-state index is -0.455. The molecule has 1 aromatic carbocycles. The standard InChI is InChI=1S/C19H17N5O3S/c1-12(17(25)20-10-14-8-5-9-27-14)28-19-22-16-15(18(26)23-19)11-21-24(16)13-6-3-2-4-7-13/h2-9,11-12H,10H2,1H3,(H,20,25)(H,22,23,26)/t12-/m0/s1. The van der Waals surface area contributed by atoms with Gasteiger partial charge in [0.05, 0.1) is 29.9 Å². The molecule has 1 amide bonds. The van der Waals surface area contributed by atoms with Gasteiger partial charge in [0.15, 0.2) is 10.8 Å². The lowest BCUT2D eigenvalue weighted by Crippen LogP contribution is -2.30. The van der Waals surface area contributed by atoms with E-state index in [1.165, 1.54) is 18.0 Å². The SMILES string of the molecule is C[C@H](Sc1nc2c(cnn2-c2ccccc2)c(=O)[nH]1)C(=O)NCc1ccco1. The van der Waals surface area contributed by atoms with E-state index >= 15 is 0 Å². The van der Waals surface area contributed by atoms with Crippen LogP contribution >= 0.6 is 11.8 Å². The number of amides is 1. The molecule has 0 unspecified atom stereocenters. The maximum Gasteiger partial charge on any atom is 0.262 e. The molecule has 4 aromatic rings. The number of furan rings is 1. The number of hydrogen-bond donors (Lipinski definition) is 2. The molecule has 4 rings (SSSR count). The van der Waals surface area contributed by atoms with Crippen molar-refractivity contribution in [1.82, 2.24) is 25.1 Å². The Kier molecular flexibility index (Phi) is 4.98. The number of para-hydroxylation sites is 1. The number of fused-ring (bicyclic) bond motifs is 1. The number of benzene rings is 1. The molecule has 2 N–H and O–H groups in total. The number of hydrogen-bond acceptors (Lipinski definition) is 6. The predicted molar refractivity (Wildman–Crippen MR) is 105 cm³/mol. The highest BCUT2D eigenvalue weighted by molar-refractivity contribution is 8.00. The van der Waals surface area contributed by atoms with Crippen molar-refractivity contribution >= 4 is 28.7 Å². The summed E-state index contributed by atoms with van der Waals surface area (Å²) in [5.74, 6) is 0.492. The lowest BCUT2D eigenvalue weighted by molar-refractivity contribution is -0.120. The Bertz CT molecular complexity index is 1150. The van der Waals surface area contributed by atoms with Gasteiger partial charge in [-0.25, -0.2) is 9.67 Å². The summed E-state index contributed by atoms with van der Waals surface area (Å²) in [6, 6.07) is 13.0. The first-order valence-corrected chi connectivity index (χ1v) is 9.50. The number of thioether (sulfide) groups is 1. The molecule has 3 heterocycles. The van der Waals surface area contributed by atoms with Gasteiger partial charge in [0.2, 0.25) is 5.91 Å². The first-order valence-electron chi connectivity index (χ1n) is 8.62. The number of aromatic amines is 1. The van der Waals surface area contributed by atoms with Crippen LogP contribution in [0, 0.1) is 0 Å². The van der Waals surface area contributed by atoms with Gasteiger partial charge in [-0.1, -0.05) is 30.0 Å². The van der Waals surface area contributed by atoms with E-state index in [0.717, 1.165) is 5.69 Å². The molecule has 0 fully saturated rings. The summed E-state index contributed by atoms with van der Waals surface area (Å²) in [5.41, 5.74) is 0.953. The molecule has 8 nitrogen and oxygen atoms in total. The van der Waals surface area contributed by atoms with Crippen molar-refractivity contribution in [3.8, 4) is 5.69 Å². The second-order valence-corrected chi connectivity index (χ2v) is 7.39. The van der Waals surface area contributed by atoms with Crippen LogP contribution < -0.4 is 10.9 Å². The Balaban J connectivity index is 1.55. The summed E-state index contributed by atoms with van der Waals surface area (Å²) in [6.45, 7) is 2.06. The molecule has 0 radical (unpaired) electrons. The Morgan fingerprint density at radius 1 is 1.29 bits per heavy atom. The van der Waals surface area contributed by atoms with Crippen molar-refractivity contribution in [2.75, 3.05) is 0 Å². The molecular formula is C19H17N5O3S. The van der Waals surface area contributed by atoms with Crippen LogP contribution in [0.15, 0.2) is 69.3 Å². The predicted octanol–water partition coefficient (Wildman–Crippen LogP) is 2.50. The third-order valence-corrected chi connectivity index (χ3v) is 5.08. The molecule has 142 valence electrons. The van der Waals surface area contributed by atoms with Crippen molar-refractivity contribution in [3.63, 3.8) is 0 Å². The van der Waals surface area contributed by atoms with E-state index in [0.29, 0.717) is 28.5 Å². The van der Waals surface area contributed by atoms with Gasteiger partial charge in [0.1, 0.15) is 11.1 Å². The van der Waals surface area contributed by atoms with Gasteiger partial charge in [-0.2, -0.15) is 5.10 Å². The summed E-state index contributed by atoms with van der Waals surface area (Å²) in [7, 11) is 0. The largest absolute Gasteiger partial charge is 0.467 e. The second-order valence-electron chi connectivity index (χ2n) is 6.06. The minimum Gasteiger partial charge on any atom is -0.467 e. The third kappa shape index (κ3) is 3.70. The van der Waals surface area contributed by atoms with Crippen LogP contribution in [0.2, 0.25) is 0 Å². The highest BCUT2D eigenvalue weighted by Crippen LogP contribution is 2.21. The number of nitrogens with zero attached hydrogens (tertiary/aromatic N) is 3. The normalized spacial score (nSPS) is 12.2. The van der Waals surface area contributed by atoms with Crippen molar-refractivity contribution in [3.05, 3.63) is 71.0 Å². The molecule has 0 spiro atoms. The summed E-state index contributed by atoms with van der Waals surface area (Å²) < 4.78 is 6.81. The van der Waals surface area contributed by atoms with E-state index in [1.807, 2.05) is 30.3 Å². The lowest BCUT2D eigenvalue weighted by atomic mass is 10.3. The van der Waals surface area contributed by atoms with Gasteiger partial charge < -0.3 is 14.7 Å². The highest BCUT2D eigenvalue weighted by atomic mass is 32.2. The fraction of sp³-hybridized carbons (Fsp3) is 0.158. The number of carbonyl (C=O) groups is 1. The fourth-order valence-corrected chi connectivity index (χ4v) is 3.48. The van der Waals surface area contributed by atoms with Crippen molar-refractivity contribution in [1.29, 1.82) is 0 Å². The van der Waals surface area contributed by atoms with Crippen LogP contribution in [0.25, 0.3) is 16.7 Å². The maximum atomic E-state index is 12.4. The van der Waals surface area contributed by atoms with E-state index in [-0.39, 0.29) is 11.5 Å². The smallest absolute Gasteiger partial charge is 0.262 e. The molecule has 0 saturated carbocycles. The number of nitrogens with one attached hydrogen (secondary N) is 2. The minimum absolute atomic E-state index is 0.180. The average Bonchev–Trinajstić information content (AvgIpc) is 3.36. The van der Waals surface area contributed by atoms with Gasteiger partial charge in [-0.3, -0.25) is 9.59 Å². The Morgan fingerprint density at radius 2 is 2.11 bits per heavy atom. The summed E-state index contributed by atoms with van der Waals surface area (Å²) >= 11 is 1.17. The summed E-state index contributed by atoms with van der Waals surface area (Å²) in [6.07, 6.45) is 3.04. The Hall–Kier alpha value is -3.33. The number of carbonyl (C=O) groups excluding carboxylic acids is 1. The van der Waals surface area contributed by atoms with Crippen LogP contribution in [0.3, 0.4) is 0 Å². The zero-order valence-electron chi connectivity index (χ0n) is 15.0. The molecule has 28 heavy (non-hydrogen) atoms. The summed E-state index contributed by atoms with van der Waals surface area (Å²) in [4.78, 5) is 31.9. The number of aromatic nitrogens is 4. The van der Waals surface area contributed by atoms with Crippen LogP contribution in [0.5, 0.6) is 0 Å². The van der Waals surface area contributed by atoms with Crippen LogP contribution in [0.1, 0.15) is 12.7 Å².